The predicted octanol–water partition coefficient (Wildman–Crippen LogP) is 2.94. The van der Waals surface area contributed by atoms with Crippen LogP contribution in [0.1, 0.15) is 16.8 Å². The van der Waals surface area contributed by atoms with E-state index in [9.17, 15) is 0 Å². The molecule has 0 aliphatic heterocycles. The highest BCUT2D eigenvalue weighted by Crippen LogP contribution is 2.29. The molecule has 2 aromatic rings. The van der Waals surface area contributed by atoms with Crippen LogP contribution in [0.3, 0.4) is 0 Å². The molecule has 0 amide bonds. The number of rotatable bonds is 3. The van der Waals surface area contributed by atoms with Gasteiger partial charge in [-0.15, -0.1) is 0 Å². The lowest BCUT2D eigenvalue weighted by atomic mass is 10.2. The van der Waals surface area contributed by atoms with Gasteiger partial charge in [-0.3, -0.25) is 0 Å². The molecule has 0 aliphatic rings. The molecule has 98 valence electrons. The quantitative estimate of drug-likeness (QED) is 0.390. The molecule has 0 saturated heterocycles. The summed E-state index contributed by atoms with van der Waals surface area (Å²) in [4.78, 5) is 5.50. The minimum absolute atomic E-state index is 0.0167. The Kier molecular flexibility index (Phi) is 4.06. The van der Waals surface area contributed by atoms with Crippen LogP contribution in [0.2, 0.25) is 0 Å². The number of nitrogens with two attached hydrogens (primary N) is 1. The van der Waals surface area contributed by atoms with Gasteiger partial charge < -0.3 is 10.9 Å². The second-order valence-corrected chi connectivity index (χ2v) is 5.28. The summed E-state index contributed by atoms with van der Waals surface area (Å²) >= 11 is 1.56. The first-order chi connectivity index (χ1) is 9.10. The van der Waals surface area contributed by atoms with Gasteiger partial charge in [0.05, 0.1) is 0 Å². The van der Waals surface area contributed by atoms with E-state index in [1.54, 1.807) is 17.8 Å². The molecule has 4 nitrogen and oxygen atoms in total. The highest BCUT2D eigenvalue weighted by atomic mass is 32.2. The van der Waals surface area contributed by atoms with Crippen LogP contribution in [0.4, 0.5) is 0 Å². The third kappa shape index (κ3) is 3.26. The maximum absolute atomic E-state index is 8.66. The number of oxime groups is 1. The van der Waals surface area contributed by atoms with Gasteiger partial charge in [-0.2, -0.15) is 0 Å². The molecular weight excluding hydrogens is 258 g/mol. The van der Waals surface area contributed by atoms with E-state index < -0.39 is 0 Å². The van der Waals surface area contributed by atoms with Gasteiger partial charge in [0.25, 0.3) is 0 Å². The molecule has 5 heteroatoms. The van der Waals surface area contributed by atoms with Crippen LogP contribution in [-0.4, -0.2) is 16.0 Å². The standard InChI is InChI=1S/C14H15N3OS/c1-9-6-7-12(10(2)8-9)19-13-5-3-4-11(16-13)14(15)17-18/h3-8,18H,1-2H3,(H2,15,17). The number of hydrogen-bond donors (Lipinski definition) is 2. The first-order valence-electron chi connectivity index (χ1n) is 5.80. The van der Waals surface area contributed by atoms with E-state index in [0.29, 0.717) is 5.69 Å². The topological polar surface area (TPSA) is 71.5 Å². The zero-order valence-corrected chi connectivity index (χ0v) is 11.6. The molecule has 0 saturated carbocycles. The number of hydrogen-bond acceptors (Lipinski definition) is 4. The van der Waals surface area contributed by atoms with Gasteiger partial charge in [-0.25, -0.2) is 4.98 Å². The van der Waals surface area contributed by atoms with E-state index in [-0.39, 0.29) is 5.84 Å². The van der Waals surface area contributed by atoms with E-state index in [1.807, 2.05) is 12.1 Å². The van der Waals surface area contributed by atoms with Crippen molar-refractivity contribution in [1.82, 2.24) is 4.98 Å². The molecule has 0 aliphatic carbocycles. The Hall–Kier alpha value is -2.01. The van der Waals surface area contributed by atoms with Crippen molar-refractivity contribution in [2.45, 2.75) is 23.8 Å². The minimum Gasteiger partial charge on any atom is -0.409 e. The summed E-state index contributed by atoms with van der Waals surface area (Å²) in [7, 11) is 0. The van der Waals surface area contributed by atoms with Gasteiger partial charge in [0, 0.05) is 4.90 Å². The zero-order chi connectivity index (χ0) is 13.8. The second-order valence-electron chi connectivity index (χ2n) is 4.22. The van der Waals surface area contributed by atoms with Crippen LogP contribution in [0.25, 0.3) is 0 Å². The molecule has 0 radical (unpaired) electrons. The second kappa shape index (κ2) is 5.75. The summed E-state index contributed by atoms with van der Waals surface area (Å²) < 4.78 is 0. The molecular formula is C14H15N3OS. The summed E-state index contributed by atoms with van der Waals surface area (Å²) in [5, 5.41) is 12.4. The first kappa shape index (κ1) is 13.4. The van der Waals surface area contributed by atoms with Crippen molar-refractivity contribution in [3.63, 3.8) is 0 Å². The number of amidine groups is 1. The predicted molar refractivity (Wildman–Crippen MR) is 76.8 cm³/mol. The lowest BCUT2D eigenvalue weighted by Gasteiger charge is -2.07. The van der Waals surface area contributed by atoms with Crippen molar-refractivity contribution in [3.05, 3.63) is 53.2 Å². The monoisotopic (exact) mass is 273 g/mol. The van der Waals surface area contributed by atoms with Crippen LogP contribution in [0, 0.1) is 13.8 Å². The number of nitrogens with zero attached hydrogens (tertiary/aromatic N) is 2. The molecule has 0 fully saturated rings. The third-order valence-electron chi connectivity index (χ3n) is 2.64. The molecule has 1 aromatic carbocycles. The van der Waals surface area contributed by atoms with E-state index in [2.05, 4.69) is 42.2 Å². The maximum atomic E-state index is 8.66. The smallest absolute Gasteiger partial charge is 0.188 e. The van der Waals surface area contributed by atoms with E-state index in [0.717, 1.165) is 9.92 Å². The Bertz CT molecular complexity index is 626. The highest BCUT2D eigenvalue weighted by molar-refractivity contribution is 7.99. The van der Waals surface area contributed by atoms with Gasteiger partial charge in [-0.05, 0) is 37.6 Å². The normalized spacial score (nSPS) is 11.6. The van der Waals surface area contributed by atoms with E-state index >= 15 is 0 Å². The van der Waals surface area contributed by atoms with Crippen LogP contribution in [-0.2, 0) is 0 Å². The number of aromatic nitrogens is 1. The number of pyridine rings is 1. The molecule has 1 heterocycles. The van der Waals surface area contributed by atoms with Crippen LogP contribution in [0.15, 0.2) is 51.5 Å². The number of aryl methyl sites for hydroxylation is 2. The van der Waals surface area contributed by atoms with Crippen LogP contribution in [0.5, 0.6) is 0 Å². The summed E-state index contributed by atoms with van der Waals surface area (Å²) in [6.07, 6.45) is 0. The molecule has 0 bridgehead atoms. The van der Waals surface area contributed by atoms with Crippen molar-refractivity contribution < 1.29 is 5.21 Å². The summed E-state index contributed by atoms with van der Waals surface area (Å²) in [5.74, 6) is 0.0167. The molecule has 0 spiro atoms. The van der Waals surface area contributed by atoms with Crippen molar-refractivity contribution in [3.8, 4) is 0 Å². The Morgan fingerprint density at radius 2 is 2.05 bits per heavy atom. The summed E-state index contributed by atoms with van der Waals surface area (Å²) in [6, 6.07) is 11.7. The number of benzene rings is 1. The Labute approximate surface area is 116 Å². The lowest BCUT2D eigenvalue weighted by molar-refractivity contribution is 0.318. The summed E-state index contributed by atoms with van der Waals surface area (Å²) in [6.45, 7) is 4.14. The Balaban J connectivity index is 2.28. The zero-order valence-electron chi connectivity index (χ0n) is 10.8. The summed E-state index contributed by atoms with van der Waals surface area (Å²) in [5.41, 5.74) is 8.45. The van der Waals surface area contributed by atoms with Gasteiger partial charge in [0.1, 0.15) is 10.7 Å². The highest BCUT2D eigenvalue weighted by Gasteiger charge is 2.06. The molecule has 1 aromatic heterocycles. The fourth-order valence-electron chi connectivity index (χ4n) is 1.69. The lowest BCUT2D eigenvalue weighted by Crippen LogP contribution is -2.14. The Morgan fingerprint density at radius 3 is 2.74 bits per heavy atom. The van der Waals surface area contributed by atoms with Crippen molar-refractivity contribution in [2.24, 2.45) is 10.9 Å². The minimum atomic E-state index is 0.0167. The average molecular weight is 273 g/mol. The van der Waals surface area contributed by atoms with E-state index in [1.165, 1.54) is 11.1 Å². The fourth-order valence-corrected chi connectivity index (χ4v) is 2.56. The molecule has 3 N–H and O–H groups in total. The van der Waals surface area contributed by atoms with Gasteiger partial charge >= 0.3 is 0 Å². The van der Waals surface area contributed by atoms with Crippen molar-refractivity contribution in [1.29, 1.82) is 0 Å². The van der Waals surface area contributed by atoms with Gasteiger partial charge in [0.2, 0.25) is 0 Å². The van der Waals surface area contributed by atoms with Crippen molar-refractivity contribution in [2.75, 3.05) is 0 Å². The Morgan fingerprint density at radius 1 is 1.26 bits per heavy atom. The molecule has 0 atom stereocenters. The maximum Gasteiger partial charge on any atom is 0.188 e. The van der Waals surface area contributed by atoms with E-state index in [4.69, 9.17) is 10.9 Å². The average Bonchev–Trinajstić information content (AvgIpc) is 2.41. The SMILES string of the molecule is Cc1ccc(Sc2cccc(C(N)=NO)n2)c(C)c1. The molecule has 19 heavy (non-hydrogen) atoms. The van der Waals surface area contributed by atoms with Gasteiger partial charge in [0.15, 0.2) is 5.84 Å². The third-order valence-corrected chi connectivity index (χ3v) is 3.75. The first-order valence-corrected chi connectivity index (χ1v) is 6.62. The van der Waals surface area contributed by atoms with Crippen LogP contribution < -0.4 is 5.73 Å². The molecule has 0 unspecified atom stereocenters. The molecule has 2 rings (SSSR count). The van der Waals surface area contributed by atoms with Crippen molar-refractivity contribution >= 4 is 17.6 Å². The van der Waals surface area contributed by atoms with Gasteiger partial charge in [-0.1, -0.05) is 40.7 Å². The van der Waals surface area contributed by atoms with Crippen LogP contribution >= 0.6 is 11.8 Å². The fraction of sp³-hybridized carbons (Fsp3) is 0.143. The largest absolute Gasteiger partial charge is 0.409 e.